The molecule has 0 aliphatic rings. The average molecular weight is 425 g/mol. The SMILES string of the molecule is CC[C@H](C(=O)NC(C)(C)C)N(Cc1ccc(OC)cc1)C(=O)Cc1cc(C)ccc1C. The lowest BCUT2D eigenvalue weighted by Gasteiger charge is -2.33. The lowest BCUT2D eigenvalue weighted by atomic mass is 10.0. The van der Waals surface area contributed by atoms with E-state index in [4.69, 9.17) is 4.74 Å². The maximum absolute atomic E-state index is 13.5. The van der Waals surface area contributed by atoms with Gasteiger partial charge in [-0.05, 0) is 69.9 Å². The maximum atomic E-state index is 13.5. The third-order valence-electron chi connectivity index (χ3n) is 5.24. The summed E-state index contributed by atoms with van der Waals surface area (Å²) in [6, 6.07) is 13.2. The second-order valence-electron chi connectivity index (χ2n) is 9.14. The Labute approximate surface area is 186 Å². The molecule has 0 bridgehead atoms. The Morgan fingerprint density at radius 1 is 1.06 bits per heavy atom. The van der Waals surface area contributed by atoms with Gasteiger partial charge >= 0.3 is 0 Å². The third-order valence-corrected chi connectivity index (χ3v) is 5.24. The fourth-order valence-electron chi connectivity index (χ4n) is 3.56. The van der Waals surface area contributed by atoms with Crippen LogP contribution in [0.4, 0.5) is 0 Å². The molecule has 0 saturated heterocycles. The number of methoxy groups -OCH3 is 1. The van der Waals surface area contributed by atoms with Gasteiger partial charge in [-0.1, -0.05) is 42.8 Å². The van der Waals surface area contributed by atoms with E-state index in [9.17, 15) is 9.59 Å². The first-order chi connectivity index (χ1) is 14.5. The fraction of sp³-hybridized carbons (Fsp3) is 0.462. The largest absolute Gasteiger partial charge is 0.497 e. The molecule has 2 amide bonds. The van der Waals surface area contributed by atoms with Crippen molar-refractivity contribution in [3.8, 4) is 5.75 Å². The van der Waals surface area contributed by atoms with Crippen LogP contribution >= 0.6 is 0 Å². The van der Waals surface area contributed by atoms with Gasteiger partial charge in [0.05, 0.1) is 13.5 Å². The first-order valence-electron chi connectivity index (χ1n) is 10.8. The molecular weight excluding hydrogens is 388 g/mol. The number of ether oxygens (including phenoxy) is 1. The van der Waals surface area contributed by atoms with Gasteiger partial charge in [0.15, 0.2) is 0 Å². The summed E-state index contributed by atoms with van der Waals surface area (Å²) in [7, 11) is 1.62. The van der Waals surface area contributed by atoms with E-state index in [0.717, 1.165) is 28.0 Å². The monoisotopic (exact) mass is 424 g/mol. The fourth-order valence-corrected chi connectivity index (χ4v) is 3.56. The minimum atomic E-state index is -0.543. The van der Waals surface area contributed by atoms with E-state index in [1.807, 2.05) is 77.9 Å². The molecule has 1 N–H and O–H groups in total. The predicted molar refractivity (Wildman–Crippen MR) is 125 cm³/mol. The molecule has 0 unspecified atom stereocenters. The summed E-state index contributed by atoms with van der Waals surface area (Å²) in [6.45, 7) is 12.2. The predicted octanol–water partition coefficient (Wildman–Crippen LogP) is 4.58. The molecule has 0 saturated carbocycles. The van der Waals surface area contributed by atoms with Gasteiger partial charge < -0.3 is 15.0 Å². The summed E-state index contributed by atoms with van der Waals surface area (Å²) in [5.41, 5.74) is 3.78. The van der Waals surface area contributed by atoms with Crippen molar-refractivity contribution in [1.29, 1.82) is 0 Å². The van der Waals surface area contributed by atoms with Crippen molar-refractivity contribution in [2.75, 3.05) is 7.11 Å². The van der Waals surface area contributed by atoms with Gasteiger partial charge in [0.25, 0.3) is 0 Å². The number of hydrogen-bond donors (Lipinski definition) is 1. The van der Waals surface area contributed by atoms with E-state index < -0.39 is 6.04 Å². The van der Waals surface area contributed by atoms with Crippen molar-refractivity contribution in [1.82, 2.24) is 10.2 Å². The van der Waals surface area contributed by atoms with Crippen molar-refractivity contribution in [2.45, 2.75) is 72.5 Å². The minimum Gasteiger partial charge on any atom is -0.497 e. The Bertz CT molecular complexity index is 898. The zero-order chi connectivity index (χ0) is 23.2. The van der Waals surface area contributed by atoms with Gasteiger partial charge in [-0.3, -0.25) is 9.59 Å². The molecule has 0 aromatic heterocycles. The van der Waals surface area contributed by atoms with E-state index >= 15 is 0 Å². The van der Waals surface area contributed by atoms with Crippen LogP contribution in [-0.2, 0) is 22.6 Å². The number of rotatable bonds is 8. The number of aryl methyl sites for hydroxylation is 2. The Morgan fingerprint density at radius 2 is 1.71 bits per heavy atom. The van der Waals surface area contributed by atoms with E-state index in [-0.39, 0.29) is 23.8 Å². The van der Waals surface area contributed by atoms with Crippen LogP contribution in [0.1, 0.15) is 56.4 Å². The highest BCUT2D eigenvalue weighted by atomic mass is 16.5. The van der Waals surface area contributed by atoms with Crippen molar-refractivity contribution in [2.24, 2.45) is 0 Å². The highest BCUT2D eigenvalue weighted by molar-refractivity contribution is 5.89. The van der Waals surface area contributed by atoms with Gasteiger partial charge in [0.2, 0.25) is 11.8 Å². The summed E-state index contributed by atoms with van der Waals surface area (Å²) >= 11 is 0. The normalized spacial score (nSPS) is 12.2. The van der Waals surface area contributed by atoms with Crippen LogP contribution in [0.25, 0.3) is 0 Å². The summed E-state index contributed by atoms with van der Waals surface area (Å²) in [5.74, 6) is 0.577. The molecular formula is C26H36N2O3. The summed E-state index contributed by atoms with van der Waals surface area (Å²) in [6.07, 6.45) is 0.805. The standard InChI is InChI=1S/C26H36N2O3/c1-8-23(25(30)27-26(4,5)6)28(17-20-11-13-22(31-7)14-12-20)24(29)16-21-15-18(2)9-10-19(21)3/h9-15,23H,8,16-17H2,1-7H3,(H,27,30)/t23-/m1/s1. The van der Waals surface area contributed by atoms with Crippen LogP contribution in [0.5, 0.6) is 5.75 Å². The third kappa shape index (κ3) is 7.12. The van der Waals surface area contributed by atoms with Gasteiger partial charge in [0.1, 0.15) is 11.8 Å². The van der Waals surface area contributed by atoms with Crippen molar-refractivity contribution in [3.63, 3.8) is 0 Å². The van der Waals surface area contributed by atoms with Gasteiger partial charge in [-0.2, -0.15) is 0 Å². The summed E-state index contributed by atoms with van der Waals surface area (Å²) < 4.78 is 5.24. The molecule has 168 valence electrons. The van der Waals surface area contributed by atoms with E-state index in [1.54, 1.807) is 12.0 Å². The van der Waals surface area contributed by atoms with Crippen molar-refractivity contribution >= 4 is 11.8 Å². The molecule has 31 heavy (non-hydrogen) atoms. The van der Waals surface area contributed by atoms with Crippen LogP contribution in [0.2, 0.25) is 0 Å². The number of nitrogens with one attached hydrogen (secondary N) is 1. The Hall–Kier alpha value is -2.82. The van der Waals surface area contributed by atoms with Crippen molar-refractivity contribution < 1.29 is 14.3 Å². The first kappa shape index (κ1) is 24.4. The molecule has 0 fully saturated rings. The second-order valence-corrected chi connectivity index (χ2v) is 9.14. The second kappa shape index (κ2) is 10.5. The molecule has 2 aromatic rings. The summed E-state index contributed by atoms with van der Waals surface area (Å²) in [5, 5.41) is 3.04. The van der Waals surface area contributed by atoms with Gasteiger partial charge in [-0.15, -0.1) is 0 Å². The van der Waals surface area contributed by atoms with Crippen LogP contribution in [0.3, 0.4) is 0 Å². The maximum Gasteiger partial charge on any atom is 0.243 e. The zero-order valence-electron chi connectivity index (χ0n) is 19.9. The minimum absolute atomic E-state index is 0.0552. The van der Waals surface area contributed by atoms with E-state index in [1.165, 1.54) is 0 Å². The smallest absolute Gasteiger partial charge is 0.243 e. The number of benzene rings is 2. The number of hydrogen-bond acceptors (Lipinski definition) is 3. The van der Waals surface area contributed by atoms with Crippen molar-refractivity contribution in [3.05, 3.63) is 64.7 Å². The first-order valence-corrected chi connectivity index (χ1v) is 10.8. The Balaban J connectivity index is 2.35. The van der Waals surface area contributed by atoms with Crippen LogP contribution < -0.4 is 10.1 Å². The molecule has 5 heteroatoms. The molecule has 2 aromatic carbocycles. The van der Waals surface area contributed by atoms with Gasteiger partial charge in [-0.25, -0.2) is 0 Å². The van der Waals surface area contributed by atoms with E-state index in [2.05, 4.69) is 11.4 Å². The highest BCUT2D eigenvalue weighted by Crippen LogP contribution is 2.19. The Morgan fingerprint density at radius 3 is 2.26 bits per heavy atom. The molecule has 2 rings (SSSR count). The lowest BCUT2D eigenvalue weighted by molar-refractivity contribution is -0.141. The number of carbonyl (C=O) groups excluding carboxylic acids is 2. The van der Waals surface area contributed by atoms with Gasteiger partial charge in [0, 0.05) is 12.1 Å². The lowest BCUT2D eigenvalue weighted by Crippen LogP contribution is -2.53. The number of carbonyl (C=O) groups is 2. The average Bonchev–Trinajstić information content (AvgIpc) is 2.69. The quantitative estimate of drug-likeness (QED) is 0.675. The molecule has 0 heterocycles. The highest BCUT2D eigenvalue weighted by Gasteiger charge is 2.30. The van der Waals surface area contributed by atoms with Crippen LogP contribution in [0, 0.1) is 13.8 Å². The van der Waals surface area contributed by atoms with E-state index in [0.29, 0.717) is 13.0 Å². The molecule has 0 spiro atoms. The Kier molecular flexibility index (Phi) is 8.26. The van der Waals surface area contributed by atoms with Crippen LogP contribution in [-0.4, -0.2) is 35.4 Å². The zero-order valence-corrected chi connectivity index (χ0v) is 19.9. The molecule has 5 nitrogen and oxygen atoms in total. The molecule has 1 atom stereocenters. The number of amides is 2. The topological polar surface area (TPSA) is 58.6 Å². The molecule has 0 aliphatic heterocycles. The molecule has 0 radical (unpaired) electrons. The van der Waals surface area contributed by atoms with Crippen LogP contribution in [0.15, 0.2) is 42.5 Å². The molecule has 0 aliphatic carbocycles. The summed E-state index contributed by atoms with van der Waals surface area (Å²) in [4.78, 5) is 28.3. The number of nitrogens with zero attached hydrogens (tertiary/aromatic N) is 1.